The molecule has 1 atom stereocenters. The summed E-state index contributed by atoms with van der Waals surface area (Å²) in [4.78, 5) is 14.6. The number of nitrogens with one attached hydrogen (secondary N) is 1. The fourth-order valence-corrected chi connectivity index (χ4v) is 4.71. The molecule has 19 heavy (non-hydrogen) atoms. The van der Waals surface area contributed by atoms with Crippen LogP contribution in [0.5, 0.6) is 0 Å². The van der Waals surface area contributed by atoms with Gasteiger partial charge in [0.25, 0.3) is 0 Å². The molecule has 1 unspecified atom stereocenters. The van der Waals surface area contributed by atoms with Crippen molar-refractivity contribution in [3.05, 3.63) is 50.6 Å². The molecule has 2 aromatic rings. The quantitative estimate of drug-likeness (QED) is 0.907. The number of halogens is 1. The number of rotatable bonds is 3. The summed E-state index contributed by atoms with van der Waals surface area (Å²) in [6, 6.07) is 12.3. The largest absolute Gasteiger partial charge is 0.350 e. The van der Waals surface area contributed by atoms with Gasteiger partial charge >= 0.3 is 0 Å². The van der Waals surface area contributed by atoms with E-state index in [2.05, 4.69) is 33.4 Å². The van der Waals surface area contributed by atoms with Crippen molar-refractivity contribution in [1.82, 2.24) is 5.32 Å². The highest BCUT2D eigenvalue weighted by atomic mass is 79.9. The number of thioether (sulfide) groups is 1. The maximum absolute atomic E-state index is 12.2. The Kier molecular flexibility index (Phi) is 3.96. The van der Waals surface area contributed by atoms with Crippen LogP contribution in [-0.4, -0.2) is 11.2 Å². The first-order valence-electron chi connectivity index (χ1n) is 5.99. The first-order valence-corrected chi connectivity index (χ1v) is 8.48. The summed E-state index contributed by atoms with van der Waals surface area (Å²) < 4.78 is 1.10. The molecule has 1 amide bonds. The summed E-state index contributed by atoms with van der Waals surface area (Å²) in [7, 11) is 0. The average Bonchev–Trinajstić information content (AvgIpc) is 3.01. The van der Waals surface area contributed by atoms with Crippen LogP contribution in [0.15, 0.2) is 45.1 Å². The molecule has 1 aromatic carbocycles. The Labute approximate surface area is 128 Å². The van der Waals surface area contributed by atoms with E-state index in [1.54, 1.807) is 23.1 Å². The summed E-state index contributed by atoms with van der Waals surface area (Å²) in [6.45, 7) is 0.614. The maximum Gasteiger partial charge on any atom is 0.234 e. The van der Waals surface area contributed by atoms with E-state index in [0.717, 1.165) is 10.2 Å². The molecule has 0 aliphatic carbocycles. The van der Waals surface area contributed by atoms with Crippen molar-refractivity contribution in [2.24, 2.45) is 0 Å². The fraction of sp³-hybridized carbons (Fsp3) is 0.214. The second-order valence-electron chi connectivity index (χ2n) is 4.34. The zero-order chi connectivity index (χ0) is 13.2. The van der Waals surface area contributed by atoms with E-state index in [1.807, 2.05) is 24.3 Å². The molecule has 0 bridgehead atoms. The molecule has 98 valence electrons. The highest BCUT2D eigenvalue weighted by Gasteiger charge is 2.27. The van der Waals surface area contributed by atoms with Gasteiger partial charge in [-0.2, -0.15) is 0 Å². The molecule has 5 heteroatoms. The van der Waals surface area contributed by atoms with Crippen LogP contribution in [-0.2, 0) is 17.8 Å². The van der Waals surface area contributed by atoms with Crippen LogP contribution < -0.4 is 5.32 Å². The molecule has 1 N–H and O–H groups in total. The van der Waals surface area contributed by atoms with Crippen molar-refractivity contribution in [3.8, 4) is 0 Å². The van der Waals surface area contributed by atoms with Gasteiger partial charge in [0, 0.05) is 9.77 Å². The van der Waals surface area contributed by atoms with Gasteiger partial charge in [0.1, 0.15) is 0 Å². The lowest BCUT2D eigenvalue weighted by molar-refractivity contribution is -0.120. The maximum atomic E-state index is 12.2. The highest BCUT2D eigenvalue weighted by molar-refractivity contribution is 9.11. The first-order chi connectivity index (χ1) is 9.22. The summed E-state index contributed by atoms with van der Waals surface area (Å²) >= 11 is 6.75. The van der Waals surface area contributed by atoms with Crippen molar-refractivity contribution in [2.75, 3.05) is 0 Å². The van der Waals surface area contributed by atoms with E-state index in [1.165, 1.54) is 15.3 Å². The van der Waals surface area contributed by atoms with E-state index >= 15 is 0 Å². The van der Waals surface area contributed by atoms with Gasteiger partial charge in [0.2, 0.25) is 5.91 Å². The lowest BCUT2D eigenvalue weighted by Gasteiger charge is -2.08. The number of amides is 1. The minimum absolute atomic E-state index is 0.0146. The van der Waals surface area contributed by atoms with Gasteiger partial charge in [0.05, 0.1) is 15.6 Å². The van der Waals surface area contributed by atoms with Crippen LogP contribution in [0.3, 0.4) is 0 Å². The number of carbonyl (C=O) groups excluding carboxylic acids is 1. The van der Waals surface area contributed by atoms with E-state index in [-0.39, 0.29) is 11.2 Å². The highest BCUT2D eigenvalue weighted by Crippen LogP contribution is 2.36. The van der Waals surface area contributed by atoms with E-state index in [4.69, 9.17) is 0 Å². The molecule has 1 aliphatic rings. The fourth-order valence-electron chi connectivity index (χ4n) is 2.06. The van der Waals surface area contributed by atoms with Gasteiger partial charge < -0.3 is 5.32 Å². The standard InChI is InChI=1S/C14H12BrNOS2/c15-13-6-5-10(18-13)8-16-14(17)12-7-9-3-1-2-4-11(9)19-12/h1-6,12H,7-8H2,(H,16,17). The summed E-state index contributed by atoms with van der Waals surface area (Å²) in [5, 5.41) is 3.03. The van der Waals surface area contributed by atoms with Crippen LogP contribution in [0.1, 0.15) is 10.4 Å². The van der Waals surface area contributed by atoms with Crippen LogP contribution in [0.25, 0.3) is 0 Å². The number of benzene rings is 1. The monoisotopic (exact) mass is 353 g/mol. The van der Waals surface area contributed by atoms with Crippen molar-refractivity contribution >= 4 is 44.9 Å². The van der Waals surface area contributed by atoms with Crippen molar-refractivity contribution in [3.63, 3.8) is 0 Å². The lowest BCUT2D eigenvalue weighted by atomic mass is 10.1. The minimum Gasteiger partial charge on any atom is -0.350 e. The first kappa shape index (κ1) is 13.2. The number of hydrogen-bond donors (Lipinski definition) is 1. The van der Waals surface area contributed by atoms with E-state index < -0.39 is 0 Å². The Hall–Kier alpha value is -0.780. The summed E-state index contributed by atoms with van der Waals surface area (Å²) in [6.07, 6.45) is 0.834. The molecule has 1 aromatic heterocycles. The lowest BCUT2D eigenvalue weighted by Crippen LogP contribution is -2.31. The Morgan fingerprint density at radius 2 is 2.16 bits per heavy atom. The topological polar surface area (TPSA) is 29.1 Å². The van der Waals surface area contributed by atoms with Crippen LogP contribution in [0.2, 0.25) is 0 Å². The second kappa shape index (κ2) is 5.69. The zero-order valence-electron chi connectivity index (χ0n) is 10.1. The van der Waals surface area contributed by atoms with Crippen LogP contribution >= 0.6 is 39.0 Å². The normalized spacial score (nSPS) is 17.2. The Bertz CT molecular complexity index is 586. The van der Waals surface area contributed by atoms with Crippen molar-refractivity contribution in [1.29, 1.82) is 0 Å². The average molecular weight is 354 g/mol. The second-order valence-corrected chi connectivity index (χ2v) is 8.13. The molecular formula is C14H12BrNOS2. The molecule has 0 saturated carbocycles. The van der Waals surface area contributed by atoms with Gasteiger partial charge in [-0.05, 0) is 46.1 Å². The van der Waals surface area contributed by atoms with Gasteiger partial charge in [-0.1, -0.05) is 18.2 Å². The molecule has 0 fully saturated rings. The molecular weight excluding hydrogens is 342 g/mol. The smallest absolute Gasteiger partial charge is 0.234 e. The number of fused-ring (bicyclic) bond motifs is 1. The Balaban J connectivity index is 1.58. The Morgan fingerprint density at radius 3 is 2.89 bits per heavy atom. The minimum atomic E-state index is 0.0146. The predicted molar refractivity (Wildman–Crippen MR) is 83.7 cm³/mol. The van der Waals surface area contributed by atoms with Crippen LogP contribution in [0.4, 0.5) is 0 Å². The van der Waals surface area contributed by atoms with Crippen LogP contribution in [0, 0.1) is 0 Å². The molecule has 0 saturated heterocycles. The Morgan fingerprint density at radius 1 is 1.32 bits per heavy atom. The number of hydrogen-bond acceptors (Lipinski definition) is 3. The zero-order valence-corrected chi connectivity index (χ0v) is 13.3. The van der Waals surface area contributed by atoms with Gasteiger partial charge in [-0.15, -0.1) is 23.1 Å². The van der Waals surface area contributed by atoms with E-state index in [9.17, 15) is 4.79 Å². The molecule has 2 nitrogen and oxygen atoms in total. The molecule has 0 spiro atoms. The van der Waals surface area contributed by atoms with Crippen molar-refractivity contribution < 1.29 is 4.79 Å². The third-order valence-corrected chi connectivity index (χ3v) is 5.95. The molecule has 0 radical (unpaired) electrons. The third kappa shape index (κ3) is 3.04. The van der Waals surface area contributed by atoms with E-state index in [0.29, 0.717) is 6.54 Å². The van der Waals surface area contributed by atoms with Crippen molar-refractivity contribution in [2.45, 2.75) is 23.1 Å². The number of thiophene rings is 1. The summed E-state index contributed by atoms with van der Waals surface area (Å²) in [5.41, 5.74) is 1.28. The SMILES string of the molecule is O=C(NCc1ccc(Br)s1)C1Cc2ccccc2S1. The van der Waals surface area contributed by atoms with Gasteiger partial charge in [-0.3, -0.25) is 4.79 Å². The predicted octanol–water partition coefficient (Wildman–Crippen LogP) is 3.84. The summed E-state index contributed by atoms with van der Waals surface area (Å²) in [5.74, 6) is 0.130. The van der Waals surface area contributed by atoms with Gasteiger partial charge in [0.15, 0.2) is 0 Å². The molecule has 2 heterocycles. The molecule has 3 rings (SSSR count). The number of carbonyl (C=O) groups is 1. The van der Waals surface area contributed by atoms with Gasteiger partial charge in [-0.25, -0.2) is 0 Å². The molecule has 1 aliphatic heterocycles. The third-order valence-electron chi connectivity index (χ3n) is 3.01.